The predicted octanol–water partition coefficient (Wildman–Crippen LogP) is 3.09. The van der Waals surface area contributed by atoms with Gasteiger partial charge in [0.15, 0.2) is 0 Å². The standard InChI is InChI=1S/C12H9BrN4/c1-7-8(6-14-17-7)11-12(13)16-10-5-3-2-4-9(10)15-11/h2-6H,1H3,(H,14,17). The van der Waals surface area contributed by atoms with Crippen molar-refractivity contribution in [1.82, 2.24) is 20.2 Å². The molecule has 17 heavy (non-hydrogen) atoms. The first-order valence-corrected chi connectivity index (χ1v) is 5.98. The van der Waals surface area contributed by atoms with Gasteiger partial charge in [-0.1, -0.05) is 12.1 Å². The van der Waals surface area contributed by atoms with Crippen LogP contribution in [0.1, 0.15) is 5.69 Å². The molecule has 0 unspecified atom stereocenters. The minimum atomic E-state index is 0.737. The molecule has 3 rings (SSSR count). The molecule has 0 fully saturated rings. The van der Waals surface area contributed by atoms with Crippen LogP contribution in [0.25, 0.3) is 22.3 Å². The number of fused-ring (bicyclic) bond motifs is 1. The van der Waals surface area contributed by atoms with Crippen molar-refractivity contribution in [3.8, 4) is 11.3 Å². The molecule has 2 aromatic heterocycles. The third kappa shape index (κ3) is 1.72. The van der Waals surface area contributed by atoms with E-state index in [4.69, 9.17) is 0 Å². The summed E-state index contributed by atoms with van der Waals surface area (Å²) in [6, 6.07) is 7.80. The topological polar surface area (TPSA) is 54.5 Å². The van der Waals surface area contributed by atoms with Gasteiger partial charge in [0.1, 0.15) is 10.3 Å². The van der Waals surface area contributed by atoms with Crippen LogP contribution in [0.4, 0.5) is 0 Å². The van der Waals surface area contributed by atoms with E-state index in [2.05, 4.69) is 36.1 Å². The molecule has 3 aromatic rings. The Morgan fingerprint density at radius 1 is 1.12 bits per heavy atom. The lowest BCUT2D eigenvalue weighted by molar-refractivity contribution is 1.05. The Morgan fingerprint density at radius 3 is 2.47 bits per heavy atom. The Balaban J connectivity index is 2.30. The normalized spacial score (nSPS) is 10.9. The summed E-state index contributed by atoms with van der Waals surface area (Å²) < 4.78 is 0.737. The molecule has 0 saturated carbocycles. The molecule has 5 heteroatoms. The summed E-state index contributed by atoms with van der Waals surface area (Å²) in [6.45, 7) is 1.94. The average molecular weight is 289 g/mol. The molecular weight excluding hydrogens is 280 g/mol. The van der Waals surface area contributed by atoms with Gasteiger partial charge in [-0.05, 0) is 35.0 Å². The fourth-order valence-corrected chi connectivity index (χ4v) is 2.24. The van der Waals surface area contributed by atoms with Gasteiger partial charge in [0.2, 0.25) is 0 Å². The van der Waals surface area contributed by atoms with E-state index in [0.29, 0.717) is 0 Å². The van der Waals surface area contributed by atoms with Crippen molar-refractivity contribution in [2.45, 2.75) is 6.92 Å². The number of aromatic nitrogens is 4. The van der Waals surface area contributed by atoms with Gasteiger partial charge in [-0.3, -0.25) is 5.10 Å². The number of H-pyrrole nitrogens is 1. The molecule has 0 aliphatic rings. The zero-order chi connectivity index (χ0) is 11.8. The van der Waals surface area contributed by atoms with Gasteiger partial charge in [0.25, 0.3) is 0 Å². The van der Waals surface area contributed by atoms with Crippen molar-refractivity contribution >= 4 is 27.0 Å². The van der Waals surface area contributed by atoms with Crippen molar-refractivity contribution in [3.05, 3.63) is 40.8 Å². The number of benzene rings is 1. The first-order chi connectivity index (χ1) is 8.25. The van der Waals surface area contributed by atoms with Gasteiger partial charge >= 0.3 is 0 Å². The third-order valence-electron chi connectivity index (χ3n) is 2.61. The summed E-state index contributed by atoms with van der Waals surface area (Å²) in [6.07, 6.45) is 1.83. The van der Waals surface area contributed by atoms with Crippen LogP contribution < -0.4 is 0 Å². The summed E-state index contributed by atoms with van der Waals surface area (Å²) in [5.41, 5.74) is 4.45. The second kappa shape index (κ2) is 3.92. The Labute approximate surface area is 106 Å². The van der Waals surface area contributed by atoms with Gasteiger partial charge in [-0.25, -0.2) is 9.97 Å². The SMILES string of the molecule is Cc1n[nH]cc1-c1nc2ccccc2nc1Br. The zero-order valence-electron chi connectivity index (χ0n) is 9.11. The van der Waals surface area contributed by atoms with Crippen LogP contribution in [-0.4, -0.2) is 20.2 Å². The number of nitrogens with one attached hydrogen (secondary N) is 1. The van der Waals surface area contributed by atoms with Gasteiger partial charge in [-0.2, -0.15) is 5.10 Å². The van der Waals surface area contributed by atoms with Crippen LogP contribution in [0, 0.1) is 6.92 Å². The second-order valence-electron chi connectivity index (χ2n) is 3.74. The van der Waals surface area contributed by atoms with Crippen LogP contribution in [0.5, 0.6) is 0 Å². The molecule has 0 saturated heterocycles. The third-order valence-corrected chi connectivity index (χ3v) is 3.17. The van der Waals surface area contributed by atoms with Crippen molar-refractivity contribution in [2.24, 2.45) is 0 Å². The van der Waals surface area contributed by atoms with Crippen LogP contribution in [-0.2, 0) is 0 Å². The first-order valence-electron chi connectivity index (χ1n) is 5.19. The van der Waals surface area contributed by atoms with E-state index in [-0.39, 0.29) is 0 Å². The molecule has 1 N–H and O–H groups in total. The molecule has 0 radical (unpaired) electrons. The number of para-hydroxylation sites is 2. The van der Waals surface area contributed by atoms with Crippen molar-refractivity contribution in [3.63, 3.8) is 0 Å². The van der Waals surface area contributed by atoms with Gasteiger partial charge in [-0.15, -0.1) is 0 Å². The minimum Gasteiger partial charge on any atom is -0.285 e. The van der Waals surface area contributed by atoms with E-state index < -0.39 is 0 Å². The number of rotatable bonds is 1. The van der Waals surface area contributed by atoms with Crippen molar-refractivity contribution in [2.75, 3.05) is 0 Å². The van der Waals surface area contributed by atoms with E-state index >= 15 is 0 Å². The summed E-state index contributed by atoms with van der Waals surface area (Å²) in [4.78, 5) is 9.09. The lowest BCUT2D eigenvalue weighted by atomic mass is 10.2. The Bertz CT molecular complexity index is 690. The fourth-order valence-electron chi connectivity index (χ4n) is 1.75. The summed E-state index contributed by atoms with van der Waals surface area (Å²) in [5.74, 6) is 0. The van der Waals surface area contributed by atoms with Crippen LogP contribution in [0.2, 0.25) is 0 Å². The smallest absolute Gasteiger partial charge is 0.133 e. The summed E-state index contributed by atoms with van der Waals surface area (Å²) in [5, 5.41) is 6.93. The van der Waals surface area contributed by atoms with E-state index in [0.717, 1.165) is 32.6 Å². The van der Waals surface area contributed by atoms with Gasteiger partial charge in [0, 0.05) is 11.8 Å². The zero-order valence-corrected chi connectivity index (χ0v) is 10.7. The lowest BCUT2D eigenvalue weighted by Gasteiger charge is -2.03. The molecule has 4 nitrogen and oxygen atoms in total. The minimum absolute atomic E-state index is 0.737. The van der Waals surface area contributed by atoms with Gasteiger partial charge in [0.05, 0.1) is 16.7 Å². The monoisotopic (exact) mass is 288 g/mol. The highest BCUT2D eigenvalue weighted by Crippen LogP contribution is 2.28. The largest absolute Gasteiger partial charge is 0.285 e. The quantitative estimate of drug-likeness (QED) is 0.749. The Kier molecular flexibility index (Phi) is 2.40. The first kappa shape index (κ1) is 10.4. The highest BCUT2D eigenvalue weighted by molar-refractivity contribution is 9.10. The van der Waals surface area contributed by atoms with Crippen molar-refractivity contribution < 1.29 is 0 Å². The number of nitrogens with zero attached hydrogens (tertiary/aromatic N) is 3. The maximum absolute atomic E-state index is 4.61. The van der Waals surface area contributed by atoms with Crippen LogP contribution >= 0.6 is 15.9 Å². The van der Waals surface area contributed by atoms with Gasteiger partial charge < -0.3 is 0 Å². The molecule has 0 amide bonds. The molecule has 84 valence electrons. The molecule has 0 atom stereocenters. The number of hydrogen-bond donors (Lipinski definition) is 1. The molecule has 0 bridgehead atoms. The maximum atomic E-state index is 4.61. The maximum Gasteiger partial charge on any atom is 0.133 e. The van der Waals surface area contributed by atoms with E-state index in [1.807, 2.05) is 37.4 Å². The number of halogens is 1. The van der Waals surface area contributed by atoms with Crippen molar-refractivity contribution in [1.29, 1.82) is 0 Å². The Hall–Kier alpha value is -1.75. The molecule has 0 aliphatic heterocycles. The average Bonchev–Trinajstić information content (AvgIpc) is 2.74. The van der Waals surface area contributed by atoms with Crippen LogP contribution in [0.15, 0.2) is 35.1 Å². The highest BCUT2D eigenvalue weighted by atomic mass is 79.9. The Morgan fingerprint density at radius 2 is 1.82 bits per heavy atom. The lowest BCUT2D eigenvalue weighted by Crippen LogP contribution is -1.91. The number of aromatic amines is 1. The summed E-state index contributed by atoms with van der Waals surface area (Å²) in [7, 11) is 0. The predicted molar refractivity (Wildman–Crippen MR) is 69.6 cm³/mol. The molecule has 0 aliphatic carbocycles. The van der Waals surface area contributed by atoms with E-state index in [1.165, 1.54) is 0 Å². The number of aryl methyl sites for hydroxylation is 1. The molecule has 2 heterocycles. The number of hydrogen-bond acceptors (Lipinski definition) is 3. The van der Waals surface area contributed by atoms with E-state index in [9.17, 15) is 0 Å². The fraction of sp³-hybridized carbons (Fsp3) is 0.0833. The van der Waals surface area contributed by atoms with Crippen LogP contribution in [0.3, 0.4) is 0 Å². The molecule has 0 spiro atoms. The second-order valence-corrected chi connectivity index (χ2v) is 4.49. The molecule has 1 aromatic carbocycles. The molecular formula is C12H9BrN4. The van der Waals surface area contributed by atoms with E-state index in [1.54, 1.807) is 0 Å². The highest BCUT2D eigenvalue weighted by Gasteiger charge is 2.12. The summed E-state index contributed by atoms with van der Waals surface area (Å²) >= 11 is 3.46.